The number of carbonyl (C=O) groups is 1. The van der Waals surface area contributed by atoms with Crippen LogP contribution in [0.25, 0.3) is 6.08 Å². The molecule has 1 fully saturated rings. The monoisotopic (exact) mass is 384 g/mol. The van der Waals surface area contributed by atoms with E-state index in [0.717, 1.165) is 10.5 Å². The van der Waals surface area contributed by atoms with Crippen LogP contribution >= 0.6 is 12.2 Å². The second kappa shape index (κ2) is 6.49. The number of hydrogen-bond acceptors (Lipinski definition) is 2. The molecule has 1 N–H and O–H groups in total. The standard InChI is InChI=1S/C17H9F5N2OS/c1-7-3-2-4-8(5-7)24-16(25)10(23-17(24)26)6-9-11(18)13(20)15(22)14(21)12(9)19/h2-6H,1H3,(H,23,26)/b10-6+. The van der Waals surface area contributed by atoms with Gasteiger partial charge in [0.1, 0.15) is 5.70 Å². The highest BCUT2D eigenvalue weighted by Gasteiger charge is 2.33. The van der Waals surface area contributed by atoms with E-state index in [2.05, 4.69) is 5.32 Å². The van der Waals surface area contributed by atoms with E-state index in [9.17, 15) is 26.7 Å². The lowest BCUT2D eigenvalue weighted by Gasteiger charge is -2.14. The molecule has 1 aliphatic rings. The molecule has 1 aliphatic heterocycles. The number of thiocarbonyl (C=S) groups is 1. The number of nitrogens with one attached hydrogen (secondary N) is 1. The van der Waals surface area contributed by atoms with Gasteiger partial charge in [-0.25, -0.2) is 22.0 Å². The van der Waals surface area contributed by atoms with Crippen molar-refractivity contribution in [2.75, 3.05) is 4.90 Å². The van der Waals surface area contributed by atoms with Gasteiger partial charge in [0.05, 0.1) is 11.3 Å². The first-order valence-corrected chi connectivity index (χ1v) is 7.58. The average molecular weight is 384 g/mol. The molecule has 0 spiro atoms. The summed E-state index contributed by atoms with van der Waals surface area (Å²) in [6.45, 7) is 1.78. The number of carbonyl (C=O) groups excluding carboxylic acids is 1. The van der Waals surface area contributed by atoms with Crippen LogP contribution in [-0.4, -0.2) is 11.0 Å². The molecule has 9 heteroatoms. The van der Waals surface area contributed by atoms with Crippen LogP contribution in [0.1, 0.15) is 11.1 Å². The molecule has 2 aromatic carbocycles. The topological polar surface area (TPSA) is 32.3 Å². The van der Waals surface area contributed by atoms with Crippen LogP contribution < -0.4 is 10.2 Å². The Labute approximate surface area is 149 Å². The van der Waals surface area contributed by atoms with Crippen LogP contribution in [0.3, 0.4) is 0 Å². The van der Waals surface area contributed by atoms with Crippen molar-refractivity contribution < 1.29 is 26.7 Å². The first-order chi connectivity index (χ1) is 12.2. The fourth-order valence-corrected chi connectivity index (χ4v) is 2.73. The predicted octanol–water partition coefficient (Wildman–Crippen LogP) is 3.95. The zero-order chi connectivity index (χ0) is 19.2. The van der Waals surface area contributed by atoms with Gasteiger partial charge in [-0.1, -0.05) is 12.1 Å². The molecular weight excluding hydrogens is 375 g/mol. The molecule has 1 heterocycles. The lowest BCUT2D eigenvalue weighted by Crippen LogP contribution is -2.30. The van der Waals surface area contributed by atoms with Gasteiger partial charge < -0.3 is 5.32 Å². The van der Waals surface area contributed by atoms with E-state index in [1.807, 2.05) is 0 Å². The summed E-state index contributed by atoms with van der Waals surface area (Å²) in [6, 6.07) is 6.69. The Balaban J connectivity index is 2.07. The molecule has 0 atom stereocenters. The summed E-state index contributed by atoms with van der Waals surface area (Å²) in [5, 5.41) is 2.34. The molecule has 0 aliphatic carbocycles. The zero-order valence-corrected chi connectivity index (χ0v) is 13.9. The van der Waals surface area contributed by atoms with E-state index in [1.54, 1.807) is 31.2 Å². The fourth-order valence-electron chi connectivity index (χ4n) is 2.43. The molecule has 0 saturated carbocycles. The van der Waals surface area contributed by atoms with Crippen molar-refractivity contribution in [2.24, 2.45) is 0 Å². The number of benzene rings is 2. The maximum Gasteiger partial charge on any atom is 0.281 e. The first kappa shape index (κ1) is 18.0. The molecule has 2 aromatic rings. The minimum absolute atomic E-state index is 0.0873. The van der Waals surface area contributed by atoms with E-state index in [1.165, 1.54) is 0 Å². The van der Waals surface area contributed by atoms with Crippen LogP contribution in [0.4, 0.5) is 27.6 Å². The average Bonchev–Trinajstić information content (AvgIpc) is 2.88. The quantitative estimate of drug-likeness (QED) is 0.280. The summed E-state index contributed by atoms with van der Waals surface area (Å²) >= 11 is 5.03. The highest BCUT2D eigenvalue weighted by Crippen LogP contribution is 2.27. The molecule has 134 valence electrons. The molecule has 3 rings (SSSR count). The van der Waals surface area contributed by atoms with Crippen molar-refractivity contribution in [3.05, 3.63) is 70.2 Å². The van der Waals surface area contributed by atoms with Gasteiger partial charge in [-0.2, -0.15) is 0 Å². The number of anilines is 1. The lowest BCUT2D eigenvalue weighted by atomic mass is 10.1. The minimum Gasteiger partial charge on any atom is -0.327 e. The third-order valence-corrected chi connectivity index (χ3v) is 3.96. The highest BCUT2D eigenvalue weighted by atomic mass is 32.1. The fraction of sp³-hybridized carbons (Fsp3) is 0.0588. The minimum atomic E-state index is -2.27. The number of nitrogens with zero attached hydrogens (tertiary/aromatic N) is 1. The third kappa shape index (κ3) is 2.84. The molecule has 26 heavy (non-hydrogen) atoms. The highest BCUT2D eigenvalue weighted by molar-refractivity contribution is 7.80. The van der Waals surface area contributed by atoms with Crippen molar-refractivity contribution >= 4 is 35.0 Å². The Bertz CT molecular complexity index is 960. The van der Waals surface area contributed by atoms with Crippen LogP contribution in [0.5, 0.6) is 0 Å². The number of halogens is 5. The smallest absolute Gasteiger partial charge is 0.281 e. The summed E-state index contributed by atoms with van der Waals surface area (Å²) in [6.07, 6.45) is 0.542. The lowest BCUT2D eigenvalue weighted by molar-refractivity contribution is -0.113. The van der Waals surface area contributed by atoms with Gasteiger partial charge in [0.2, 0.25) is 5.82 Å². The van der Waals surface area contributed by atoms with E-state index in [4.69, 9.17) is 12.2 Å². The van der Waals surface area contributed by atoms with E-state index < -0.39 is 46.3 Å². The Morgan fingerprint density at radius 2 is 1.58 bits per heavy atom. The van der Waals surface area contributed by atoms with Crippen LogP contribution in [0, 0.1) is 36.0 Å². The number of rotatable bonds is 2. The zero-order valence-electron chi connectivity index (χ0n) is 13.0. The Morgan fingerprint density at radius 3 is 2.15 bits per heavy atom. The summed E-state index contributed by atoms with van der Waals surface area (Å²) < 4.78 is 67.3. The number of hydrogen-bond donors (Lipinski definition) is 1. The second-order valence-electron chi connectivity index (χ2n) is 5.45. The van der Waals surface area contributed by atoms with E-state index in [-0.39, 0.29) is 5.11 Å². The molecular formula is C17H9F5N2OS. The Kier molecular flexibility index (Phi) is 4.49. The predicted molar refractivity (Wildman–Crippen MR) is 88.6 cm³/mol. The van der Waals surface area contributed by atoms with Gasteiger partial charge in [-0.3, -0.25) is 9.69 Å². The van der Waals surface area contributed by atoms with Gasteiger partial charge in [0.15, 0.2) is 28.4 Å². The normalized spacial score (nSPS) is 15.8. The molecule has 1 amide bonds. The molecule has 0 unspecified atom stereocenters. The summed E-state index contributed by atoms with van der Waals surface area (Å²) in [7, 11) is 0. The Morgan fingerprint density at radius 1 is 1.00 bits per heavy atom. The molecule has 0 radical (unpaired) electrons. The summed E-state index contributed by atoms with van der Waals surface area (Å²) in [4.78, 5) is 13.5. The van der Waals surface area contributed by atoms with E-state index >= 15 is 0 Å². The number of aryl methyl sites for hydroxylation is 1. The maximum atomic E-state index is 13.8. The van der Waals surface area contributed by atoms with Gasteiger partial charge in [-0.05, 0) is 42.9 Å². The molecule has 0 bridgehead atoms. The summed E-state index contributed by atoms with van der Waals surface area (Å²) in [5.74, 6) is -11.3. The summed E-state index contributed by atoms with van der Waals surface area (Å²) in [5.41, 5.74) is -0.422. The van der Waals surface area contributed by atoms with Gasteiger partial charge in [-0.15, -0.1) is 0 Å². The SMILES string of the molecule is Cc1cccc(N2C(=O)/C(=C\c3c(F)c(F)c(F)c(F)c3F)NC2=S)c1. The van der Waals surface area contributed by atoms with Crippen molar-refractivity contribution in [1.29, 1.82) is 0 Å². The van der Waals surface area contributed by atoms with Crippen molar-refractivity contribution in [3.8, 4) is 0 Å². The van der Waals surface area contributed by atoms with Crippen molar-refractivity contribution in [1.82, 2.24) is 5.32 Å². The van der Waals surface area contributed by atoms with Crippen molar-refractivity contribution in [3.63, 3.8) is 0 Å². The van der Waals surface area contributed by atoms with Gasteiger partial charge in [0.25, 0.3) is 5.91 Å². The first-order valence-electron chi connectivity index (χ1n) is 7.17. The third-order valence-electron chi connectivity index (χ3n) is 3.67. The van der Waals surface area contributed by atoms with Crippen LogP contribution in [-0.2, 0) is 4.79 Å². The Hall–Kier alpha value is -2.81. The van der Waals surface area contributed by atoms with Crippen LogP contribution in [0.15, 0.2) is 30.0 Å². The van der Waals surface area contributed by atoms with E-state index in [0.29, 0.717) is 11.8 Å². The number of amides is 1. The van der Waals surface area contributed by atoms with Crippen molar-refractivity contribution in [2.45, 2.75) is 6.92 Å². The van der Waals surface area contributed by atoms with Gasteiger partial charge in [0, 0.05) is 0 Å². The molecule has 3 nitrogen and oxygen atoms in total. The maximum absolute atomic E-state index is 13.8. The molecule has 0 aromatic heterocycles. The largest absolute Gasteiger partial charge is 0.327 e. The second-order valence-corrected chi connectivity index (χ2v) is 5.84. The van der Waals surface area contributed by atoms with Gasteiger partial charge >= 0.3 is 0 Å². The van der Waals surface area contributed by atoms with Crippen LogP contribution in [0.2, 0.25) is 0 Å². The molecule has 1 saturated heterocycles.